The molecular formula is C14H12ClF3S. The van der Waals surface area contributed by atoms with E-state index in [1.807, 2.05) is 12.1 Å². The second kappa shape index (κ2) is 5.55. The number of rotatable bonds is 3. The molecule has 1 aromatic carbocycles. The van der Waals surface area contributed by atoms with Crippen molar-refractivity contribution in [1.82, 2.24) is 0 Å². The molecule has 0 aliphatic rings. The van der Waals surface area contributed by atoms with Crippen LogP contribution in [0.2, 0.25) is 0 Å². The van der Waals surface area contributed by atoms with Crippen LogP contribution in [0.1, 0.15) is 33.2 Å². The van der Waals surface area contributed by atoms with Crippen LogP contribution in [-0.4, -0.2) is 0 Å². The molecule has 0 nitrogen and oxygen atoms in total. The summed E-state index contributed by atoms with van der Waals surface area (Å²) in [7, 11) is 0. The van der Waals surface area contributed by atoms with E-state index in [4.69, 9.17) is 11.6 Å². The maximum Gasteiger partial charge on any atom is 0.416 e. The van der Waals surface area contributed by atoms with E-state index in [2.05, 4.69) is 6.92 Å². The first-order chi connectivity index (χ1) is 8.91. The van der Waals surface area contributed by atoms with E-state index < -0.39 is 17.1 Å². The molecule has 0 saturated heterocycles. The Morgan fingerprint density at radius 3 is 2.21 bits per heavy atom. The number of thiophene rings is 1. The Hall–Kier alpha value is -1.00. The molecule has 102 valence electrons. The van der Waals surface area contributed by atoms with Crippen molar-refractivity contribution >= 4 is 22.9 Å². The Labute approximate surface area is 118 Å². The first kappa shape index (κ1) is 14.4. The van der Waals surface area contributed by atoms with Gasteiger partial charge in [-0.3, -0.25) is 0 Å². The van der Waals surface area contributed by atoms with Crippen molar-refractivity contribution in [1.29, 1.82) is 0 Å². The van der Waals surface area contributed by atoms with Crippen molar-refractivity contribution in [2.45, 2.75) is 24.9 Å². The number of hydrogen-bond donors (Lipinski definition) is 0. The number of halogens is 4. The Balaban J connectivity index is 2.22. The van der Waals surface area contributed by atoms with Gasteiger partial charge in [0.05, 0.1) is 10.9 Å². The average Bonchev–Trinajstić information content (AvgIpc) is 2.86. The second-order valence-electron chi connectivity index (χ2n) is 4.14. The number of hydrogen-bond acceptors (Lipinski definition) is 1. The number of aryl methyl sites for hydroxylation is 1. The molecule has 5 heteroatoms. The van der Waals surface area contributed by atoms with Crippen LogP contribution in [0.5, 0.6) is 0 Å². The largest absolute Gasteiger partial charge is 0.416 e. The van der Waals surface area contributed by atoms with E-state index in [9.17, 15) is 13.2 Å². The summed E-state index contributed by atoms with van der Waals surface area (Å²) in [5, 5.41) is -0.396. The molecule has 0 radical (unpaired) electrons. The molecule has 0 N–H and O–H groups in total. The van der Waals surface area contributed by atoms with Crippen molar-refractivity contribution in [2.75, 3.05) is 0 Å². The molecule has 1 atom stereocenters. The van der Waals surface area contributed by atoms with E-state index in [1.165, 1.54) is 17.0 Å². The third-order valence-electron chi connectivity index (χ3n) is 2.81. The van der Waals surface area contributed by atoms with Crippen molar-refractivity contribution in [2.24, 2.45) is 0 Å². The minimum absolute atomic E-state index is 0.396. The molecule has 0 saturated carbocycles. The van der Waals surface area contributed by atoms with Crippen LogP contribution in [-0.2, 0) is 12.6 Å². The topological polar surface area (TPSA) is 0 Å². The summed E-state index contributed by atoms with van der Waals surface area (Å²) in [4.78, 5) is 2.17. The fraction of sp³-hybridized carbons (Fsp3) is 0.286. The van der Waals surface area contributed by atoms with Gasteiger partial charge in [0.1, 0.15) is 0 Å². The normalized spacial score (nSPS) is 13.5. The highest BCUT2D eigenvalue weighted by Gasteiger charge is 2.30. The van der Waals surface area contributed by atoms with E-state index in [0.717, 1.165) is 23.4 Å². The van der Waals surface area contributed by atoms with Crippen molar-refractivity contribution < 1.29 is 13.2 Å². The molecule has 2 rings (SSSR count). The van der Waals surface area contributed by atoms with Crippen molar-refractivity contribution in [3.8, 4) is 0 Å². The molecule has 0 aliphatic heterocycles. The van der Waals surface area contributed by atoms with E-state index >= 15 is 0 Å². The van der Waals surface area contributed by atoms with Crippen LogP contribution in [0, 0.1) is 0 Å². The lowest BCUT2D eigenvalue weighted by molar-refractivity contribution is -0.137. The molecule has 1 heterocycles. The Morgan fingerprint density at radius 1 is 1.11 bits per heavy atom. The van der Waals surface area contributed by atoms with Crippen LogP contribution in [0.15, 0.2) is 36.4 Å². The summed E-state index contributed by atoms with van der Waals surface area (Å²) in [6.45, 7) is 2.05. The molecule has 0 fully saturated rings. The van der Waals surface area contributed by atoms with E-state index in [1.54, 1.807) is 11.3 Å². The third kappa shape index (κ3) is 3.31. The SMILES string of the molecule is CCc1ccc(C(Cl)c2ccc(C(F)(F)F)cc2)s1. The van der Waals surface area contributed by atoms with Gasteiger partial charge in [-0.2, -0.15) is 13.2 Å². The van der Waals surface area contributed by atoms with Gasteiger partial charge in [-0.25, -0.2) is 0 Å². The second-order valence-corrected chi connectivity index (χ2v) is 5.78. The zero-order valence-electron chi connectivity index (χ0n) is 10.2. The quantitative estimate of drug-likeness (QED) is 0.642. The summed E-state index contributed by atoms with van der Waals surface area (Å²) < 4.78 is 37.4. The van der Waals surface area contributed by atoms with Crippen molar-refractivity contribution in [3.05, 3.63) is 57.3 Å². The lowest BCUT2D eigenvalue weighted by Gasteiger charge is -2.10. The molecule has 2 aromatic rings. The van der Waals surface area contributed by atoms with Gasteiger partial charge < -0.3 is 0 Å². The maximum atomic E-state index is 12.5. The Bertz CT molecular complexity index is 543. The highest BCUT2D eigenvalue weighted by Crippen LogP contribution is 2.36. The predicted octanol–water partition coefficient (Wildman–Crippen LogP) is 5.66. The van der Waals surface area contributed by atoms with Gasteiger partial charge in [0.2, 0.25) is 0 Å². The van der Waals surface area contributed by atoms with Crippen LogP contribution in [0.4, 0.5) is 13.2 Å². The number of benzene rings is 1. The molecule has 0 spiro atoms. The van der Waals surface area contributed by atoms with Gasteiger partial charge in [0.25, 0.3) is 0 Å². The van der Waals surface area contributed by atoms with Crippen molar-refractivity contribution in [3.63, 3.8) is 0 Å². The minimum Gasteiger partial charge on any atom is -0.166 e. The Kier molecular flexibility index (Phi) is 4.21. The zero-order valence-corrected chi connectivity index (χ0v) is 11.7. The van der Waals surface area contributed by atoms with Crippen LogP contribution in [0.25, 0.3) is 0 Å². The molecule has 19 heavy (non-hydrogen) atoms. The molecule has 1 unspecified atom stereocenters. The van der Waals surface area contributed by atoms with Gasteiger partial charge in [-0.05, 0) is 36.2 Å². The molecule has 0 aliphatic carbocycles. The fourth-order valence-electron chi connectivity index (χ4n) is 1.73. The first-order valence-electron chi connectivity index (χ1n) is 5.81. The van der Waals surface area contributed by atoms with Gasteiger partial charge in [-0.1, -0.05) is 19.1 Å². The fourth-order valence-corrected chi connectivity index (χ4v) is 3.04. The Morgan fingerprint density at radius 2 is 1.74 bits per heavy atom. The minimum atomic E-state index is -4.31. The molecular weight excluding hydrogens is 293 g/mol. The monoisotopic (exact) mass is 304 g/mol. The van der Waals surface area contributed by atoms with Crippen LogP contribution < -0.4 is 0 Å². The highest BCUT2D eigenvalue weighted by molar-refractivity contribution is 7.12. The van der Waals surface area contributed by atoms with Gasteiger partial charge >= 0.3 is 6.18 Å². The van der Waals surface area contributed by atoms with E-state index in [0.29, 0.717) is 5.56 Å². The highest BCUT2D eigenvalue weighted by atomic mass is 35.5. The lowest BCUT2D eigenvalue weighted by Crippen LogP contribution is -2.04. The molecule has 1 aromatic heterocycles. The maximum absolute atomic E-state index is 12.5. The zero-order chi connectivity index (χ0) is 14.0. The molecule has 0 bridgehead atoms. The van der Waals surface area contributed by atoms with E-state index in [-0.39, 0.29) is 0 Å². The summed E-state index contributed by atoms with van der Waals surface area (Å²) in [6.07, 6.45) is -3.38. The standard InChI is InChI=1S/C14H12ClF3S/c1-2-11-7-8-12(19-11)13(15)9-3-5-10(6-4-9)14(16,17)18/h3-8,13H,2H2,1H3. The summed E-state index contributed by atoms with van der Waals surface area (Å²) in [5.74, 6) is 0. The van der Waals surface area contributed by atoms with Gasteiger partial charge in [0.15, 0.2) is 0 Å². The van der Waals surface area contributed by atoms with Gasteiger partial charge in [-0.15, -0.1) is 22.9 Å². The number of alkyl halides is 4. The van der Waals surface area contributed by atoms with Crippen LogP contribution in [0.3, 0.4) is 0 Å². The predicted molar refractivity (Wildman–Crippen MR) is 72.8 cm³/mol. The average molecular weight is 305 g/mol. The lowest BCUT2D eigenvalue weighted by atomic mass is 10.1. The third-order valence-corrected chi connectivity index (χ3v) is 4.72. The summed E-state index contributed by atoms with van der Waals surface area (Å²) in [6, 6.07) is 8.94. The molecule has 0 amide bonds. The summed E-state index contributed by atoms with van der Waals surface area (Å²) >= 11 is 7.89. The smallest absolute Gasteiger partial charge is 0.166 e. The summed E-state index contributed by atoms with van der Waals surface area (Å²) in [5.41, 5.74) is 0.0275. The first-order valence-corrected chi connectivity index (χ1v) is 7.07. The van der Waals surface area contributed by atoms with Crippen LogP contribution >= 0.6 is 22.9 Å². The van der Waals surface area contributed by atoms with Gasteiger partial charge in [0, 0.05) is 9.75 Å².